The Balaban J connectivity index is 2.03. The molecule has 0 spiro atoms. The van der Waals surface area contributed by atoms with Gasteiger partial charge in [0.1, 0.15) is 5.82 Å². The first kappa shape index (κ1) is 8.22. The second kappa shape index (κ2) is 2.59. The zero-order valence-corrected chi connectivity index (χ0v) is 9.14. The predicted molar refractivity (Wildman–Crippen MR) is 64.8 cm³/mol. The van der Waals surface area contributed by atoms with Gasteiger partial charge >= 0.3 is 0 Å². The lowest BCUT2D eigenvalue weighted by Gasteiger charge is -2.29. The Morgan fingerprint density at radius 1 is 1.19 bits per heavy atom. The molecule has 2 aliphatic heterocycles. The second-order valence-corrected chi connectivity index (χ2v) is 4.46. The van der Waals surface area contributed by atoms with Crippen molar-refractivity contribution in [2.24, 2.45) is 0 Å². The quantitative estimate of drug-likeness (QED) is 0.646. The summed E-state index contributed by atoms with van der Waals surface area (Å²) in [4.78, 5) is 4.44. The number of nitrogens with zero attached hydrogens (tertiary/aromatic N) is 2. The molecule has 0 bridgehead atoms. The second-order valence-electron chi connectivity index (χ2n) is 4.46. The van der Waals surface area contributed by atoms with Crippen LogP contribution in [0.5, 0.6) is 0 Å². The number of hydrogen-bond donors (Lipinski definition) is 0. The summed E-state index contributed by atoms with van der Waals surface area (Å²) in [6.07, 6.45) is 9.90. The minimum absolute atomic E-state index is 1.06. The number of benzene rings is 1. The molecular formula is C14H12N2. The number of allylic oxidation sites excluding steroid dienone is 1. The van der Waals surface area contributed by atoms with Crippen LogP contribution in [0, 0.1) is 0 Å². The van der Waals surface area contributed by atoms with Gasteiger partial charge in [-0.3, -0.25) is 0 Å². The van der Waals surface area contributed by atoms with E-state index >= 15 is 0 Å². The maximum atomic E-state index is 2.32. The fraction of sp³-hybridized carbons (Fsp3) is 0.143. The van der Waals surface area contributed by atoms with Crippen molar-refractivity contribution in [3.05, 3.63) is 59.2 Å². The van der Waals surface area contributed by atoms with Gasteiger partial charge in [0.15, 0.2) is 0 Å². The summed E-state index contributed by atoms with van der Waals surface area (Å²) < 4.78 is 0. The lowest BCUT2D eigenvalue weighted by molar-refractivity contribution is 0.489. The maximum Gasteiger partial charge on any atom is 0.117 e. The summed E-state index contributed by atoms with van der Waals surface area (Å²) in [6, 6.07) is 6.58. The van der Waals surface area contributed by atoms with E-state index in [2.05, 4.69) is 59.6 Å². The predicted octanol–water partition coefficient (Wildman–Crippen LogP) is 2.61. The smallest absolute Gasteiger partial charge is 0.117 e. The molecule has 2 heterocycles. The SMILES string of the molecule is CN1C=CN2C3=CCc4cccc(c43)C=C12. The molecule has 0 saturated carbocycles. The van der Waals surface area contributed by atoms with Crippen molar-refractivity contribution in [3.8, 4) is 0 Å². The van der Waals surface area contributed by atoms with E-state index in [1.54, 1.807) is 0 Å². The molecule has 16 heavy (non-hydrogen) atoms. The summed E-state index contributed by atoms with van der Waals surface area (Å²) in [6.45, 7) is 0. The zero-order valence-electron chi connectivity index (χ0n) is 9.14. The molecule has 0 fully saturated rings. The summed E-state index contributed by atoms with van der Waals surface area (Å²) in [5.41, 5.74) is 5.57. The Hall–Kier alpha value is -1.96. The molecule has 0 aromatic heterocycles. The molecule has 2 heteroatoms. The van der Waals surface area contributed by atoms with Gasteiger partial charge in [-0.15, -0.1) is 0 Å². The van der Waals surface area contributed by atoms with Crippen molar-refractivity contribution in [2.75, 3.05) is 7.05 Å². The normalized spacial score (nSPS) is 19.6. The molecule has 0 radical (unpaired) electrons. The Morgan fingerprint density at radius 2 is 2.12 bits per heavy atom. The number of rotatable bonds is 0. The van der Waals surface area contributed by atoms with E-state index in [0.717, 1.165) is 6.42 Å². The minimum Gasteiger partial charge on any atom is -0.336 e. The lowest BCUT2D eigenvalue weighted by Crippen LogP contribution is -2.21. The molecule has 0 atom stereocenters. The Morgan fingerprint density at radius 3 is 3.06 bits per heavy atom. The number of hydrogen-bond acceptors (Lipinski definition) is 2. The van der Waals surface area contributed by atoms with Crippen LogP contribution in [0.15, 0.2) is 42.5 Å². The Bertz CT molecular complexity index is 578. The van der Waals surface area contributed by atoms with E-state index in [1.807, 2.05) is 0 Å². The molecule has 4 rings (SSSR count). The van der Waals surface area contributed by atoms with E-state index in [1.165, 1.54) is 28.2 Å². The highest BCUT2D eigenvalue weighted by Crippen LogP contribution is 2.42. The third kappa shape index (κ3) is 0.830. The summed E-state index contributed by atoms with van der Waals surface area (Å²) in [5.74, 6) is 1.25. The molecule has 0 amide bonds. The Kier molecular flexibility index (Phi) is 1.33. The van der Waals surface area contributed by atoms with Crippen molar-refractivity contribution < 1.29 is 0 Å². The fourth-order valence-electron chi connectivity index (χ4n) is 2.75. The molecular weight excluding hydrogens is 196 g/mol. The third-order valence-electron chi connectivity index (χ3n) is 3.55. The van der Waals surface area contributed by atoms with Gasteiger partial charge in [-0.25, -0.2) is 0 Å². The van der Waals surface area contributed by atoms with Crippen LogP contribution in [-0.4, -0.2) is 16.8 Å². The summed E-state index contributed by atoms with van der Waals surface area (Å²) >= 11 is 0. The van der Waals surface area contributed by atoms with Gasteiger partial charge in [0.25, 0.3) is 0 Å². The first-order chi connectivity index (χ1) is 7.84. The molecule has 0 unspecified atom stereocenters. The largest absolute Gasteiger partial charge is 0.336 e. The van der Waals surface area contributed by atoms with Crippen LogP contribution in [0.1, 0.15) is 16.7 Å². The van der Waals surface area contributed by atoms with Crippen molar-refractivity contribution in [1.29, 1.82) is 0 Å². The molecule has 0 N–H and O–H groups in total. The molecule has 1 aromatic carbocycles. The molecule has 78 valence electrons. The van der Waals surface area contributed by atoms with Crippen molar-refractivity contribution in [1.82, 2.24) is 9.80 Å². The zero-order chi connectivity index (χ0) is 10.7. The van der Waals surface area contributed by atoms with Crippen molar-refractivity contribution >= 4 is 11.8 Å². The van der Waals surface area contributed by atoms with E-state index in [-0.39, 0.29) is 0 Å². The third-order valence-corrected chi connectivity index (χ3v) is 3.55. The summed E-state index contributed by atoms with van der Waals surface area (Å²) in [5, 5.41) is 0. The standard InChI is InChI=1S/C14H12N2/c1-15-7-8-16-12-6-5-10-3-2-4-11(14(10)12)9-13(15)16/h2-4,6-9H,5H2,1H3. The van der Waals surface area contributed by atoms with Gasteiger partial charge in [0.05, 0.1) is 5.70 Å². The minimum atomic E-state index is 1.06. The first-order valence-electron chi connectivity index (χ1n) is 5.59. The van der Waals surface area contributed by atoms with Crippen molar-refractivity contribution in [2.45, 2.75) is 6.42 Å². The van der Waals surface area contributed by atoms with E-state index in [9.17, 15) is 0 Å². The van der Waals surface area contributed by atoms with Crippen LogP contribution in [0.2, 0.25) is 0 Å². The van der Waals surface area contributed by atoms with Gasteiger partial charge in [-0.1, -0.05) is 24.3 Å². The molecule has 1 aliphatic carbocycles. The van der Waals surface area contributed by atoms with Gasteiger partial charge in [-0.2, -0.15) is 0 Å². The molecule has 1 aromatic rings. The Labute approximate surface area is 94.8 Å². The monoisotopic (exact) mass is 208 g/mol. The van der Waals surface area contributed by atoms with Crippen LogP contribution in [-0.2, 0) is 6.42 Å². The highest BCUT2D eigenvalue weighted by atomic mass is 15.4. The topological polar surface area (TPSA) is 6.48 Å². The van der Waals surface area contributed by atoms with E-state index in [0.29, 0.717) is 0 Å². The average Bonchev–Trinajstić information content (AvgIpc) is 2.87. The molecule has 2 nitrogen and oxygen atoms in total. The van der Waals surface area contributed by atoms with Crippen LogP contribution >= 0.6 is 0 Å². The number of fused-ring (bicyclic) bond motifs is 2. The maximum absolute atomic E-state index is 2.32. The highest BCUT2D eigenvalue weighted by molar-refractivity contribution is 5.85. The van der Waals surface area contributed by atoms with Gasteiger partial charge in [0.2, 0.25) is 0 Å². The fourth-order valence-corrected chi connectivity index (χ4v) is 2.75. The van der Waals surface area contributed by atoms with Crippen LogP contribution in [0.3, 0.4) is 0 Å². The summed E-state index contributed by atoms with van der Waals surface area (Å²) in [7, 11) is 2.09. The highest BCUT2D eigenvalue weighted by Gasteiger charge is 2.30. The van der Waals surface area contributed by atoms with Gasteiger partial charge in [-0.05, 0) is 23.6 Å². The van der Waals surface area contributed by atoms with Crippen LogP contribution in [0.4, 0.5) is 0 Å². The van der Waals surface area contributed by atoms with Gasteiger partial charge < -0.3 is 9.80 Å². The van der Waals surface area contributed by atoms with E-state index < -0.39 is 0 Å². The van der Waals surface area contributed by atoms with Crippen LogP contribution in [0.25, 0.3) is 11.8 Å². The van der Waals surface area contributed by atoms with Crippen molar-refractivity contribution in [3.63, 3.8) is 0 Å². The van der Waals surface area contributed by atoms with Crippen LogP contribution < -0.4 is 0 Å². The molecule has 3 aliphatic rings. The lowest BCUT2D eigenvalue weighted by atomic mass is 9.98. The average molecular weight is 208 g/mol. The first-order valence-corrected chi connectivity index (χ1v) is 5.59. The van der Waals surface area contributed by atoms with E-state index in [4.69, 9.17) is 0 Å². The molecule has 0 saturated heterocycles. The van der Waals surface area contributed by atoms with Gasteiger partial charge in [0, 0.05) is 25.0 Å².